The molecule has 1 aromatic heterocycles. The first-order valence-corrected chi connectivity index (χ1v) is 15.0. The summed E-state index contributed by atoms with van der Waals surface area (Å²) < 4.78 is 2.80. The molecule has 182 valence electrons. The number of amides is 1. The Balaban J connectivity index is 1.23. The SMILES string of the molecule is O=C(Cn1c2c(sc1=O)C(c1cccc(Br)c1)C1C3CCC(C3)C1S2)Nc1ccc2ccccc2c1. The number of fused-ring (bicyclic) bond motifs is 7. The van der Waals surface area contributed by atoms with Crippen LogP contribution in [-0.2, 0) is 11.3 Å². The van der Waals surface area contributed by atoms with Crippen LogP contribution in [0.3, 0.4) is 0 Å². The molecule has 5 unspecified atom stereocenters. The van der Waals surface area contributed by atoms with Gasteiger partial charge in [0, 0.05) is 26.2 Å². The molecule has 2 bridgehead atoms. The number of hydrogen-bond donors (Lipinski definition) is 1. The number of thioether (sulfide) groups is 1. The molecule has 1 N–H and O–H groups in total. The van der Waals surface area contributed by atoms with Crippen molar-refractivity contribution >= 4 is 61.4 Å². The lowest BCUT2D eigenvalue weighted by atomic mass is 9.75. The summed E-state index contributed by atoms with van der Waals surface area (Å²) in [6.07, 6.45) is 3.89. The first kappa shape index (κ1) is 22.8. The summed E-state index contributed by atoms with van der Waals surface area (Å²) in [7, 11) is 0. The Morgan fingerprint density at radius 1 is 1.00 bits per heavy atom. The number of benzene rings is 3. The Bertz CT molecular complexity index is 1560. The Labute approximate surface area is 226 Å². The number of thiazole rings is 1. The van der Waals surface area contributed by atoms with Gasteiger partial charge in [0.2, 0.25) is 5.91 Å². The summed E-state index contributed by atoms with van der Waals surface area (Å²) in [5.41, 5.74) is 2.03. The maximum atomic E-state index is 13.3. The van der Waals surface area contributed by atoms with Gasteiger partial charge in [0.15, 0.2) is 0 Å². The molecule has 0 spiro atoms. The highest BCUT2D eigenvalue weighted by atomic mass is 79.9. The minimum absolute atomic E-state index is 0.0338. The van der Waals surface area contributed by atoms with E-state index in [1.54, 1.807) is 4.57 Å². The highest BCUT2D eigenvalue weighted by Gasteiger charge is 2.55. The quantitative estimate of drug-likeness (QED) is 0.281. The van der Waals surface area contributed by atoms with Crippen molar-refractivity contribution in [3.63, 3.8) is 0 Å². The van der Waals surface area contributed by atoms with Crippen molar-refractivity contribution < 1.29 is 4.79 Å². The van der Waals surface area contributed by atoms with Gasteiger partial charge in [-0.25, -0.2) is 0 Å². The van der Waals surface area contributed by atoms with E-state index in [-0.39, 0.29) is 23.2 Å². The van der Waals surface area contributed by atoms with Crippen molar-refractivity contribution in [1.29, 1.82) is 0 Å². The second-order valence-electron chi connectivity index (χ2n) is 10.3. The minimum atomic E-state index is -0.164. The summed E-state index contributed by atoms with van der Waals surface area (Å²) in [5, 5.41) is 6.76. The highest BCUT2D eigenvalue weighted by molar-refractivity contribution is 9.10. The number of hydrogen-bond acceptors (Lipinski definition) is 4. The number of aromatic nitrogens is 1. The summed E-state index contributed by atoms with van der Waals surface area (Å²) >= 11 is 6.88. The number of rotatable bonds is 4. The predicted molar refractivity (Wildman–Crippen MR) is 151 cm³/mol. The smallest absolute Gasteiger partial charge is 0.308 e. The Morgan fingerprint density at radius 3 is 2.69 bits per heavy atom. The number of anilines is 1. The molecule has 4 nitrogen and oxygen atoms in total. The number of nitrogens with one attached hydrogen (secondary N) is 1. The van der Waals surface area contributed by atoms with Gasteiger partial charge in [-0.1, -0.05) is 69.7 Å². The minimum Gasteiger partial charge on any atom is -0.325 e. The lowest BCUT2D eigenvalue weighted by Crippen LogP contribution is -2.34. The number of carbonyl (C=O) groups excluding carboxylic acids is 1. The van der Waals surface area contributed by atoms with E-state index in [1.807, 2.05) is 48.2 Å². The molecule has 0 saturated heterocycles. The van der Waals surface area contributed by atoms with Crippen LogP contribution in [0.2, 0.25) is 0 Å². The Hall–Kier alpha value is -2.35. The second kappa shape index (κ2) is 8.89. The zero-order valence-corrected chi connectivity index (χ0v) is 22.7. The monoisotopic (exact) mass is 576 g/mol. The van der Waals surface area contributed by atoms with E-state index in [2.05, 4.69) is 51.6 Å². The van der Waals surface area contributed by atoms with E-state index in [1.165, 1.54) is 36.2 Å². The van der Waals surface area contributed by atoms with E-state index in [0.717, 1.165) is 36.8 Å². The molecule has 2 saturated carbocycles. The van der Waals surface area contributed by atoms with Gasteiger partial charge in [-0.15, -0.1) is 11.8 Å². The molecule has 4 aromatic rings. The third kappa shape index (κ3) is 3.78. The van der Waals surface area contributed by atoms with Crippen LogP contribution < -0.4 is 10.2 Å². The van der Waals surface area contributed by atoms with Gasteiger partial charge in [-0.3, -0.25) is 14.2 Å². The van der Waals surface area contributed by atoms with Crippen molar-refractivity contribution in [3.8, 4) is 0 Å². The van der Waals surface area contributed by atoms with Crippen LogP contribution in [0.5, 0.6) is 0 Å². The fourth-order valence-corrected chi connectivity index (χ4v) is 10.3. The van der Waals surface area contributed by atoms with E-state index in [0.29, 0.717) is 17.1 Å². The van der Waals surface area contributed by atoms with Crippen molar-refractivity contribution in [3.05, 3.63) is 91.3 Å². The van der Waals surface area contributed by atoms with Gasteiger partial charge < -0.3 is 5.32 Å². The van der Waals surface area contributed by atoms with E-state index in [9.17, 15) is 9.59 Å². The van der Waals surface area contributed by atoms with Gasteiger partial charge in [-0.2, -0.15) is 0 Å². The third-order valence-corrected chi connectivity index (χ3v) is 11.6. The van der Waals surface area contributed by atoms with Crippen molar-refractivity contribution in [2.24, 2.45) is 17.8 Å². The lowest BCUT2D eigenvalue weighted by molar-refractivity contribution is -0.116. The molecule has 1 aliphatic heterocycles. The number of carbonyl (C=O) groups is 1. The molecule has 0 radical (unpaired) electrons. The predicted octanol–water partition coefficient (Wildman–Crippen LogP) is 7.12. The molecule has 36 heavy (non-hydrogen) atoms. The van der Waals surface area contributed by atoms with E-state index < -0.39 is 0 Å². The second-order valence-corrected chi connectivity index (χ2v) is 13.3. The molecular formula is C29H25BrN2O2S2. The van der Waals surface area contributed by atoms with Gasteiger partial charge >= 0.3 is 4.87 Å². The van der Waals surface area contributed by atoms with E-state index >= 15 is 0 Å². The molecule has 1 amide bonds. The molecule has 3 aromatic carbocycles. The van der Waals surface area contributed by atoms with Crippen molar-refractivity contribution in [2.45, 2.75) is 42.0 Å². The summed E-state index contributed by atoms with van der Waals surface area (Å²) in [5.74, 6) is 2.06. The topological polar surface area (TPSA) is 51.1 Å². The Kier molecular flexibility index (Phi) is 5.64. The fraction of sp³-hybridized carbons (Fsp3) is 0.310. The van der Waals surface area contributed by atoms with Crippen LogP contribution in [0.1, 0.15) is 35.6 Å². The molecule has 5 atom stereocenters. The molecule has 2 heterocycles. The van der Waals surface area contributed by atoms with Crippen LogP contribution in [-0.4, -0.2) is 15.7 Å². The fourth-order valence-electron chi connectivity index (χ4n) is 6.77. The van der Waals surface area contributed by atoms with E-state index in [4.69, 9.17) is 0 Å². The van der Waals surface area contributed by atoms with Crippen molar-refractivity contribution in [2.75, 3.05) is 5.32 Å². The van der Waals surface area contributed by atoms with Crippen LogP contribution in [0.25, 0.3) is 10.8 Å². The largest absolute Gasteiger partial charge is 0.325 e. The standard InChI is InChI=1S/C29H25BrN2O2S2/c30-21-7-3-6-18(13-21)25-24-19-8-9-20(12-19)26(24)35-28-27(25)36-29(34)32(28)15-23(33)31-22-11-10-16-4-1-2-5-17(16)14-22/h1-7,10-11,13-14,19-20,24-26H,8-9,12,15H2,(H,31,33). The maximum Gasteiger partial charge on any atom is 0.308 e. The van der Waals surface area contributed by atoms with Crippen molar-refractivity contribution in [1.82, 2.24) is 4.57 Å². The summed E-state index contributed by atoms with van der Waals surface area (Å²) in [4.78, 5) is 27.5. The molecule has 7 heteroatoms. The maximum absolute atomic E-state index is 13.3. The number of halogens is 1. The molecule has 3 aliphatic rings. The van der Waals surface area contributed by atoms with Gasteiger partial charge in [-0.05, 0) is 77.6 Å². The average Bonchev–Trinajstić information content (AvgIpc) is 3.57. The molecule has 7 rings (SSSR count). The molecular weight excluding hydrogens is 552 g/mol. The summed E-state index contributed by atoms with van der Waals surface area (Å²) in [6, 6.07) is 22.6. The zero-order valence-electron chi connectivity index (χ0n) is 19.5. The first-order valence-electron chi connectivity index (χ1n) is 12.5. The average molecular weight is 578 g/mol. The zero-order chi connectivity index (χ0) is 24.4. The van der Waals surface area contributed by atoms with Gasteiger partial charge in [0.05, 0.1) is 5.03 Å². The molecule has 2 fully saturated rings. The lowest BCUT2D eigenvalue weighted by Gasteiger charge is -2.40. The van der Waals surface area contributed by atoms with Crippen LogP contribution in [0.15, 0.2) is 81.0 Å². The van der Waals surface area contributed by atoms with Crippen LogP contribution >= 0.6 is 39.0 Å². The normalized spacial score (nSPS) is 26.1. The van der Waals surface area contributed by atoms with Crippen LogP contribution in [0.4, 0.5) is 5.69 Å². The molecule has 2 aliphatic carbocycles. The highest BCUT2D eigenvalue weighted by Crippen LogP contribution is 2.64. The first-order chi connectivity index (χ1) is 17.5. The third-order valence-electron chi connectivity index (χ3n) is 8.23. The van der Waals surface area contributed by atoms with Crippen LogP contribution in [0, 0.1) is 17.8 Å². The van der Waals surface area contributed by atoms with Gasteiger partial charge in [0.1, 0.15) is 6.54 Å². The van der Waals surface area contributed by atoms with Gasteiger partial charge in [0.25, 0.3) is 0 Å². The number of nitrogens with zero attached hydrogens (tertiary/aromatic N) is 1. The summed E-state index contributed by atoms with van der Waals surface area (Å²) in [6.45, 7) is 0.0428. The Morgan fingerprint density at radius 2 is 1.83 bits per heavy atom.